The van der Waals surface area contributed by atoms with Gasteiger partial charge in [-0.15, -0.1) is 0 Å². The summed E-state index contributed by atoms with van der Waals surface area (Å²) in [6.07, 6.45) is 5.05. The smallest absolute Gasteiger partial charge is 0.0855 e. The van der Waals surface area contributed by atoms with E-state index >= 15 is 0 Å². The highest BCUT2D eigenvalue weighted by molar-refractivity contribution is 5.31. The third-order valence-corrected chi connectivity index (χ3v) is 4.80. The number of hydrogen-bond donors (Lipinski definition) is 1. The van der Waals surface area contributed by atoms with Gasteiger partial charge in [0.15, 0.2) is 0 Å². The summed E-state index contributed by atoms with van der Waals surface area (Å²) in [5.74, 6) is 0.398. The zero-order chi connectivity index (χ0) is 12.6. The van der Waals surface area contributed by atoms with E-state index in [1.54, 1.807) is 0 Å². The number of hydrogen-bond acceptors (Lipinski definition) is 2. The molecule has 3 unspecified atom stereocenters. The quantitative estimate of drug-likeness (QED) is 0.868. The molecule has 1 aromatic rings. The second-order valence-corrected chi connectivity index (χ2v) is 5.91. The van der Waals surface area contributed by atoms with Gasteiger partial charge in [0.05, 0.1) is 18.3 Å². The minimum absolute atomic E-state index is 0.0838. The Kier molecular flexibility index (Phi) is 3.16. The molecule has 98 valence electrons. The van der Waals surface area contributed by atoms with E-state index in [9.17, 15) is 5.11 Å². The van der Waals surface area contributed by atoms with Crippen molar-refractivity contribution in [1.82, 2.24) is 0 Å². The fourth-order valence-electron chi connectivity index (χ4n) is 3.50. The second-order valence-electron chi connectivity index (χ2n) is 5.91. The first-order valence-corrected chi connectivity index (χ1v) is 7.11. The van der Waals surface area contributed by atoms with E-state index in [1.165, 1.54) is 11.1 Å². The minimum atomic E-state index is -0.519. The fourth-order valence-corrected chi connectivity index (χ4v) is 3.50. The molecule has 2 heteroatoms. The summed E-state index contributed by atoms with van der Waals surface area (Å²) in [5.41, 5.74) is 2.16. The molecule has 0 saturated heterocycles. The molecule has 1 aromatic carbocycles. The van der Waals surface area contributed by atoms with Gasteiger partial charge < -0.3 is 9.84 Å². The summed E-state index contributed by atoms with van der Waals surface area (Å²) in [6.45, 7) is 2.95. The molecule has 2 aliphatic rings. The Balaban J connectivity index is 1.82. The van der Waals surface area contributed by atoms with Gasteiger partial charge in [0.2, 0.25) is 0 Å². The maximum atomic E-state index is 10.8. The van der Waals surface area contributed by atoms with Crippen molar-refractivity contribution in [1.29, 1.82) is 0 Å². The Bertz CT molecular complexity index is 429. The van der Waals surface area contributed by atoms with Crippen LogP contribution in [-0.4, -0.2) is 17.3 Å². The lowest BCUT2D eigenvalue weighted by molar-refractivity contribution is -0.0625. The number of aliphatic hydroxyl groups is 1. The summed E-state index contributed by atoms with van der Waals surface area (Å²) in [6, 6.07) is 8.51. The molecule has 0 radical (unpaired) electrons. The zero-order valence-electron chi connectivity index (χ0n) is 11.1. The number of fused-ring (bicyclic) bond motifs is 1. The molecule has 1 fully saturated rings. The number of rotatable bonds is 2. The zero-order valence-corrected chi connectivity index (χ0v) is 11.1. The Hall–Kier alpha value is -0.860. The van der Waals surface area contributed by atoms with E-state index in [4.69, 9.17) is 4.74 Å². The molecule has 1 N–H and O–H groups in total. The lowest BCUT2D eigenvalue weighted by atomic mass is 9.83. The number of benzene rings is 1. The molecule has 3 atom stereocenters. The third kappa shape index (κ3) is 2.08. The Labute approximate surface area is 109 Å². The second kappa shape index (κ2) is 4.67. The van der Waals surface area contributed by atoms with Gasteiger partial charge in [-0.3, -0.25) is 0 Å². The van der Waals surface area contributed by atoms with Gasteiger partial charge in [0.25, 0.3) is 0 Å². The molecule has 1 aliphatic carbocycles. The topological polar surface area (TPSA) is 29.5 Å². The van der Waals surface area contributed by atoms with Crippen LogP contribution in [0.5, 0.6) is 0 Å². The monoisotopic (exact) mass is 246 g/mol. The van der Waals surface area contributed by atoms with Gasteiger partial charge in [0, 0.05) is 6.42 Å². The van der Waals surface area contributed by atoms with Gasteiger partial charge in [-0.2, -0.15) is 0 Å². The predicted molar refractivity (Wildman–Crippen MR) is 71.4 cm³/mol. The van der Waals surface area contributed by atoms with Crippen molar-refractivity contribution in [3.05, 3.63) is 35.4 Å². The Morgan fingerprint density at radius 3 is 3.00 bits per heavy atom. The minimum Gasteiger partial charge on any atom is -0.390 e. The van der Waals surface area contributed by atoms with Gasteiger partial charge in [0.1, 0.15) is 0 Å². The Morgan fingerprint density at radius 1 is 1.39 bits per heavy atom. The average molecular weight is 246 g/mol. The van der Waals surface area contributed by atoms with Crippen molar-refractivity contribution in [2.75, 3.05) is 6.61 Å². The molecule has 18 heavy (non-hydrogen) atoms. The van der Waals surface area contributed by atoms with Gasteiger partial charge in [-0.25, -0.2) is 0 Å². The van der Waals surface area contributed by atoms with Crippen LogP contribution in [0.15, 0.2) is 24.3 Å². The van der Waals surface area contributed by atoms with Crippen molar-refractivity contribution in [2.45, 2.75) is 50.7 Å². The molecule has 0 bridgehead atoms. The van der Waals surface area contributed by atoms with Crippen LogP contribution in [0.3, 0.4) is 0 Å². The van der Waals surface area contributed by atoms with Crippen LogP contribution >= 0.6 is 0 Å². The summed E-state index contributed by atoms with van der Waals surface area (Å²) < 4.78 is 5.92. The van der Waals surface area contributed by atoms with E-state index in [-0.39, 0.29) is 6.10 Å². The molecule has 1 saturated carbocycles. The van der Waals surface area contributed by atoms with E-state index in [0.29, 0.717) is 5.92 Å². The highest BCUT2D eigenvalue weighted by Crippen LogP contribution is 2.43. The van der Waals surface area contributed by atoms with Crippen molar-refractivity contribution in [3.8, 4) is 0 Å². The molecular weight excluding hydrogens is 224 g/mol. The Morgan fingerprint density at radius 2 is 2.22 bits per heavy atom. The van der Waals surface area contributed by atoms with Crippen LogP contribution in [0.2, 0.25) is 0 Å². The first-order chi connectivity index (χ1) is 8.69. The first-order valence-electron chi connectivity index (χ1n) is 7.11. The average Bonchev–Trinajstić information content (AvgIpc) is 2.70. The predicted octanol–water partition coefficient (Wildman–Crippen LogP) is 3.24. The maximum Gasteiger partial charge on any atom is 0.0855 e. The highest BCUT2D eigenvalue weighted by Gasteiger charge is 2.41. The third-order valence-electron chi connectivity index (χ3n) is 4.80. The van der Waals surface area contributed by atoms with Gasteiger partial charge >= 0.3 is 0 Å². The summed E-state index contributed by atoms with van der Waals surface area (Å²) in [4.78, 5) is 0. The summed E-state index contributed by atoms with van der Waals surface area (Å²) in [7, 11) is 0. The summed E-state index contributed by atoms with van der Waals surface area (Å²) >= 11 is 0. The van der Waals surface area contributed by atoms with Crippen LogP contribution < -0.4 is 0 Å². The standard InChI is InChI=1S/C16H22O2/c1-12-5-4-9-16(12,17)11-15-14-7-3-2-6-13(14)8-10-18-15/h2-3,6-7,12,15,17H,4-5,8-11H2,1H3. The van der Waals surface area contributed by atoms with Crippen molar-refractivity contribution in [3.63, 3.8) is 0 Å². The van der Waals surface area contributed by atoms with Crippen molar-refractivity contribution in [2.24, 2.45) is 5.92 Å². The van der Waals surface area contributed by atoms with Crippen LogP contribution in [-0.2, 0) is 11.2 Å². The van der Waals surface area contributed by atoms with Crippen LogP contribution in [0.1, 0.15) is 49.8 Å². The van der Waals surface area contributed by atoms with Crippen LogP contribution in [0.25, 0.3) is 0 Å². The van der Waals surface area contributed by atoms with E-state index < -0.39 is 5.60 Å². The molecule has 0 spiro atoms. The normalized spacial score (nSPS) is 35.4. The van der Waals surface area contributed by atoms with E-state index in [0.717, 1.165) is 38.7 Å². The lowest BCUT2D eigenvalue weighted by Gasteiger charge is -2.34. The van der Waals surface area contributed by atoms with Crippen LogP contribution in [0, 0.1) is 5.92 Å². The molecular formula is C16H22O2. The molecule has 2 nitrogen and oxygen atoms in total. The SMILES string of the molecule is CC1CCCC1(O)CC1OCCc2ccccc21. The number of ether oxygens (including phenoxy) is 1. The van der Waals surface area contributed by atoms with Gasteiger partial charge in [-0.05, 0) is 36.3 Å². The van der Waals surface area contributed by atoms with Crippen molar-refractivity contribution >= 4 is 0 Å². The van der Waals surface area contributed by atoms with E-state index in [2.05, 4.69) is 31.2 Å². The van der Waals surface area contributed by atoms with Gasteiger partial charge in [-0.1, -0.05) is 37.6 Å². The highest BCUT2D eigenvalue weighted by atomic mass is 16.5. The maximum absolute atomic E-state index is 10.8. The molecule has 0 aromatic heterocycles. The summed E-state index contributed by atoms with van der Waals surface area (Å²) in [5, 5.41) is 10.8. The lowest BCUT2D eigenvalue weighted by Crippen LogP contribution is -2.35. The van der Waals surface area contributed by atoms with E-state index in [1.807, 2.05) is 0 Å². The molecule has 1 heterocycles. The first kappa shape index (κ1) is 12.2. The molecule has 1 aliphatic heterocycles. The molecule has 3 rings (SSSR count). The molecule has 0 amide bonds. The fraction of sp³-hybridized carbons (Fsp3) is 0.625. The van der Waals surface area contributed by atoms with Crippen molar-refractivity contribution < 1.29 is 9.84 Å². The van der Waals surface area contributed by atoms with Crippen LogP contribution in [0.4, 0.5) is 0 Å². The largest absolute Gasteiger partial charge is 0.390 e.